The zero-order chi connectivity index (χ0) is 18.8. The number of carbonyl (C=O) groups excluding carboxylic acids is 1. The molecule has 0 radical (unpaired) electrons. The SMILES string of the molecule is NC(=O)c1cnc(NC2CCCC[C@@H]2N)nc1Nc1cccc2[nH]ncc12. The van der Waals surface area contributed by atoms with E-state index in [9.17, 15) is 4.79 Å². The van der Waals surface area contributed by atoms with Gasteiger partial charge in [0.05, 0.1) is 17.4 Å². The normalized spacial score (nSPS) is 19.7. The smallest absolute Gasteiger partial charge is 0.254 e. The molecule has 4 rings (SSSR count). The van der Waals surface area contributed by atoms with E-state index in [1.54, 1.807) is 6.20 Å². The molecule has 0 aliphatic heterocycles. The van der Waals surface area contributed by atoms with Gasteiger partial charge in [0.1, 0.15) is 11.4 Å². The van der Waals surface area contributed by atoms with Gasteiger partial charge in [0.2, 0.25) is 5.95 Å². The Morgan fingerprint density at radius 1 is 1.22 bits per heavy atom. The summed E-state index contributed by atoms with van der Waals surface area (Å²) in [6.45, 7) is 0. The Hall–Kier alpha value is -3.20. The first-order valence-corrected chi connectivity index (χ1v) is 9.00. The minimum absolute atomic E-state index is 0.0641. The lowest BCUT2D eigenvalue weighted by Crippen LogP contribution is -2.43. The molecule has 140 valence electrons. The number of benzene rings is 1. The monoisotopic (exact) mass is 366 g/mol. The van der Waals surface area contributed by atoms with E-state index in [-0.39, 0.29) is 17.6 Å². The van der Waals surface area contributed by atoms with Crippen LogP contribution in [0.4, 0.5) is 17.5 Å². The minimum Gasteiger partial charge on any atom is -0.365 e. The average molecular weight is 366 g/mol. The number of amides is 1. The van der Waals surface area contributed by atoms with E-state index in [0.29, 0.717) is 11.8 Å². The van der Waals surface area contributed by atoms with Crippen LogP contribution in [0.5, 0.6) is 0 Å². The number of carbonyl (C=O) groups is 1. The Morgan fingerprint density at radius 2 is 2.07 bits per heavy atom. The molecule has 3 aromatic rings. The van der Waals surface area contributed by atoms with Gasteiger partial charge in [-0.25, -0.2) is 4.98 Å². The van der Waals surface area contributed by atoms with Gasteiger partial charge in [-0.2, -0.15) is 10.1 Å². The van der Waals surface area contributed by atoms with Crippen LogP contribution in [0.2, 0.25) is 0 Å². The van der Waals surface area contributed by atoms with Crippen molar-refractivity contribution < 1.29 is 4.79 Å². The van der Waals surface area contributed by atoms with Crippen molar-refractivity contribution in [1.82, 2.24) is 20.2 Å². The molecule has 2 aromatic heterocycles. The van der Waals surface area contributed by atoms with Crippen molar-refractivity contribution in [3.8, 4) is 0 Å². The third-order valence-electron chi connectivity index (χ3n) is 4.93. The number of nitrogens with two attached hydrogens (primary N) is 2. The standard InChI is InChI=1S/C18H22N8O/c19-12-4-1-2-5-15(12)24-18-21-8-11(16(20)27)17(25-18)23-13-6-3-7-14-10(13)9-22-26-14/h3,6-9,12,15H,1-2,4-5,19H2,(H2,20,27)(H,22,26)(H2,21,23,24,25)/t12-,15?/m0/s1. The molecule has 2 heterocycles. The Labute approximate surface area is 155 Å². The van der Waals surface area contributed by atoms with E-state index in [2.05, 4.69) is 30.8 Å². The Kier molecular flexibility index (Phi) is 4.59. The highest BCUT2D eigenvalue weighted by atomic mass is 16.1. The fourth-order valence-corrected chi connectivity index (χ4v) is 3.44. The number of fused-ring (bicyclic) bond motifs is 1. The quantitative estimate of drug-likeness (QED) is 0.463. The molecule has 1 amide bonds. The predicted octanol–water partition coefficient (Wildman–Crippen LogP) is 1.88. The van der Waals surface area contributed by atoms with Gasteiger partial charge in [-0.3, -0.25) is 9.89 Å². The zero-order valence-electron chi connectivity index (χ0n) is 14.8. The zero-order valence-corrected chi connectivity index (χ0v) is 14.8. The van der Waals surface area contributed by atoms with Crippen LogP contribution in [0.1, 0.15) is 36.0 Å². The largest absolute Gasteiger partial charge is 0.365 e. The molecule has 1 aromatic carbocycles. The number of nitrogens with zero attached hydrogens (tertiary/aromatic N) is 3. The van der Waals surface area contributed by atoms with Gasteiger partial charge in [0, 0.05) is 23.7 Å². The first-order valence-electron chi connectivity index (χ1n) is 9.00. The summed E-state index contributed by atoms with van der Waals surface area (Å²) < 4.78 is 0. The molecular formula is C18H22N8O. The maximum absolute atomic E-state index is 11.8. The molecule has 27 heavy (non-hydrogen) atoms. The van der Waals surface area contributed by atoms with Gasteiger partial charge in [-0.05, 0) is 25.0 Å². The number of H-pyrrole nitrogens is 1. The van der Waals surface area contributed by atoms with Gasteiger partial charge in [-0.1, -0.05) is 18.9 Å². The third kappa shape index (κ3) is 3.54. The van der Waals surface area contributed by atoms with Crippen LogP contribution in [-0.2, 0) is 0 Å². The second kappa shape index (κ2) is 7.20. The lowest BCUT2D eigenvalue weighted by molar-refractivity contribution is 0.100. The number of nitrogens with one attached hydrogen (secondary N) is 3. The molecule has 1 fully saturated rings. The lowest BCUT2D eigenvalue weighted by atomic mass is 9.91. The molecule has 0 spiro atoms. The topological polar surface area (TPSA) is 148 Å². The molecule has 9 heteroatoms. The molecule has 1 unspecified atom stereocenters. The second-order valence-electron chi connectivity index (χ2n) is 6.78. The highest BCUT2D eigenvalue weighted by Gasteiger charge is 2.23. The van der Waals surface area contributed by atoms with Crippen molar-refractivity contribution in [2.45, 2.75) is 37.8 Å². The minimum atomic E-state index is -0.599. The van der Waals surface area contributed by atoms with Gasteiger partial charge in [0.15, 0.2) is 0 Å². The van der Waals surface area contributed by atoms with E-state index in [4.69, 9.17) is 11.5 Å². The molecule has 1 aliphatic rings. The highest BCUT2D eigenvalue weighted by molar-refractivity contribution is 6.00. The van der Waals surface area contributed by atoms with Gasteiger partial charge >= 0.3 is 0 Å². The number of aromatic nitrogens is 4. The van der Waals surface area contributed by atoms with E-state index in [1.807, 2.05) is 18.2 Å². The summed E-state index contributed by atoms with van der Waals surface area (Å²) in [5, 5.41) is 14.3. The first-order chi connectivity index (χ1) is 13.1. The number of hydrogen-bond acceptors (Lipinski definition) is 7. The molecule has 0 saturated heterocycles. The van der Waals surface area contributed by atoms with Crippen molar-refractivity contribution in [3.63, 3.8) is 0 Å². The van der Waals surface area contributed by atoms with Crippen molar-refractivity contribution in [2.75, 3.05) is 10.6 Å². The summed E-state index contributed by atoms with van der Waals surface area (Å²) in [4.78, 5) is 20.6. The Bertz CT molecular complexity index is 969. The van der Waals surface area contributed by atoms with Crippen LogP contribution >= 0.6 is 0 Å². The maximum atomic E-state index is 11.8. The lowest BCUT2D eigenvalue weighted by Gasteiger charge is -2.29. The maximum Gasteiger partial charge on any atom is 0.254 e. The Morgan fingerprint density at radius 3 is 2.89 bits per heavy atom. The van der Waals surface area contributed by atoms with Crippen LogP contribution < -0.4 is 22.1 Å². The molecule has 2 atom stereocenters. The molecule has 1 saturated carbocycles. The summed E-state index contributed by atoms with van der Waals surface area (Å²) in [7, 11) is 0. The number of anilines is 3. The molecular weight excluding hydrogens is 344 g/mol. The van der Waals surface area contributed by atoms with Crippen LogP contribution in [0, 0.1) is 0 Å². The summed E-state index contributed by atoms with van der Waals surface area (Å²) in [6, 6.07) is 5.86. The molecule has 7 N–H and O–H groups in total. The van der Waals surface area contributed by atoms with Crippen molar-refractivity contribution in [3.05, 3.63) is 36.2 Å². The van der Waals surface area contributed by atoms with E-state index in [0.717, 1.165) is 42.3 Å². The number of hydrogen-bond donors (Lipinski definition) is 5. The highest BCUT2D eigenvalue weighted by Crippen LogP contribution is 2.27. The summed E-state index contributed by atoms with van der Waals surface area (Å²) in [5.41, 5.74) is 13.6. The van der Waals surface area contributed by atoms with Gasteiger partial charge in [-0.15, -0.1) is 0 Å². The van der Waals surface area contributed by atoms with E-state index in [1.165, 1.54) is 6.20 Å². The van der Waals surface area contributed by atoms with E-state index >= 15 is 0 Å². The molecule has 1 aliphatic carbocycles. The summed E-state index contributed by atoms with van der Waals surface area (Å²) >= 11 is 0. The fraction of sp³-hybridized carbons (Fsp3) is 0.333. The van der Waals surface area contributed by atoms with Crippen LogP contribution in [-0.4, -0.2) is 38.2 Å². The number of primary amides is 1. The van der Waals surface area contributed by atoms with Crippen LogP contribution in [0.3, 0.4) is 0 Å². The van der Waals surface area contributed by atoms with E-state index < -0.39 is 5.91 Å². The number of rotatable bonds is 5. The number of aromatic amines is 1. The summed E-state index contributed by atoms with van der Waals surface area (Å²) in [5.74, 6) is 0.167. The fourth-order valence-electron chi connectivity index (χ4n) is 3.44. The third-order valence-corrected chi connectivity index (χ3v) is 4.93. The van der Waals surface area contributed by atoms with Crippen LogP contribution in [0.25, 0.3) is 10.9 Å². The Balaban J connectivity index is 1.65. The van der Waals surface area contributed by atoms with Gasteiger partial charge < -0.3 is 22.1 Å². The van der Waals surface area contributed by atoms with Crippen LogP contribution in [0.15, 0.2) is 30.6 Å². The van der Waals surface area contributed by atoms with Crippen molar-refractivity contribution in [1.29, 1.82) is 0 Å². The molecule has 0 bridgehead atoms. The second-order valence-corrected chi connectivity index (χ2v) is 6.78. The van der Waals surface area contributed by atoms with Crippen molar-refractivity contribution >= 4 is 34.3 Å². The van der Waals surface area contributed by atoms with Crippen molar-refractivity contribution in [2.24, 2.45) is 11.5 Å². The summed E-state index contributed by atoms with van der Waals surface area (Å²) in [6.07, 6.45) is 7.36. The first kappa shape index (κ1) is 17.2. The molecule has 9 nitrogen and oxygen atoms in total. The average Bonchev–Trinajstić information content (AvgIpc) is 3.13. The predicted molar refractivity (Wildman–Crippen MR) is 104 cm³/mol. The van der Waals surface area contributed by atoms with Gasteiger partial charge in [0.25, 0.3) is 5.91 Å².